The third-order valence-corrected chi connectivity index (χ3v) is 11.2. The van der Waals surface area contributed by atoms with Gasteiger partial charge in [-0.3, -0.25) is 0 Å². The van der Waals surface area contributed by atoms with Crippen LogP contribution in [-0.2, 0) is 0 Å². The number of fused-ring (bicyclic) bond motifs is 9. The maximum atomic E-state index is 9.34. The number of hydrogen-bond acceptors (Lipinski definition) is 3. The highest BCUT2D eigenvalue weighted by atomic mass is 32.1. The van der Waals surface area contributed by atoms with Crippen LogP contribution < -0.4 is 4.90 Å². The standard InChI is InChI=1S/C43H27N3S/c44-26-27-16-20-30(21-17-27)45-37-12-4-1-8-31(37)35-24-28(18-22-39(35)45)29-19-23-40-36(25-29)32-9-2-5-13-38(32)46(40)41-14-7-11-34-33-10-3-6-15-42(33)47-43(34)41/h1-25,32,38H. The van der Waals surface area contributed by atoms with Crippen molar-refractivity contribution in [3.8, 4) is 22.9 Å². The van der Waals surface area contributed by atoms with Gasteiger partial charge in [0.05, 0.1) is 39.1 Å². The van der Waals surface area contributed by atoms with Crippen LogP contribution in [0.1, 0.15) is 17.0 Å². The van der Waals surface area contributed by atoms with E-state index in [0.717, 1.165) is 16.7 Å². The lowest BCUT2D eigenvalue weighted by Crippen LogP contribution is -2.28. The quantitative estimate of drug-likeness (QED) is 0.198. The third kappa shape index (κ3) is 3.84. The fourth-order valence-electron chi connectivity index (χ4n) is 7.84. The van der Waals surface area contributed by atoms with E-state index in [1.807, 2.05) is 35.6 Å². The lowest BCUT2D eigenvalue weighted by Gasteiger charge is -2.29. The molecule has 220 valence electrons. The van der Waals surface area contributed by atoms with Gasteiger partial charge in [0.1, 0.15) is 0 Å². The molecule has 0 saturated heterocycles. The Balaban J connectivity index is 1.12. The van der Waals surface area contributed by atoms with Gasteiger partial charge in [-0.15, -0.1) is 11.3 Å². The number of benzene rings is 6. The van der Waals surface area contributed by atoms with E-state index in [9.17, 15) is 5.26 Å². The van der Waals surface area contributed by atoms with Crippen molar-refractivity contribution in [3.05, 3.63) is 163 Å². The van der Waals surface area contributed by atoms with Gasteiger partial charge < -0.3 is 9.47 Å². The first-order valence-corrected chi connectivity index (χ1v) is 16.8. The summed E-state index contributed by atoms with van der Waals surface area (Å²) in [5.74, 6) is 0.279. The number of aromatic nitrogens is 1. The Bertz CT molecular complexity index is 2660. The highest BCUT2D eigenvalue weighted by Gasteiger charge is 2.38. The Morgan fingerprint density at radius 2 is 1.34 bits per heavy atom. The maximum absolute atomic E-state index is 9.34. The Morgan fingerprint density at radius 3 is 2.23 bits per heavy atom. The van der Waals surface area contributed by atoms with Crippen LogP contribution >= 0.6 is 11.3 Å². The molecule has 6 aromatic carbocycles. The molecule has 3 nitrogen and oxygen atoms in total. The predicted octanol–water partition coefficient (Wildman–Crippen LogP) is 11.4. The van der Waals surface area contributed by atoms with E-state index in [2.05, 4.69) is 143 Å². The molecule has 0 radical (unpaired) electrons. The van der Waals surface area contributed by atoms with Gasteiger partial charge in [0.25, 0.3) is 0 Å². The van der Waals surface area contributed by atoms with E-state index >= 15 is 0 Å². The number of rotatable bonds is 3. The molecule has 0 spiro atoms. The SMILES string of the molecule is N#Cc1ccc(-n2c3ccccc3c3cc(-c4ccc5c(c4)C4C=CC=CC4N5c4cccc5c4sc4ccccc45)ccc32)cc1. The van der Waals surface area contributed by atoms with E-state index in [1.54, 1.807) is 0 Å². The first kappa shape index (κ1) is 26.3. The van der Waals surface area contributed by atoms with E-state index in [1.165, 1.54) is 59.0 Å². The molecular weight excluding hydrogens is 591 g/mol. The van der Waals surface area contributed by atoms with E-state index in [0.29, 0.717) is 5.56 Å². The van der Waals surface area contributed by atoms with Gasteiger partial charge in [-0.1, -0.05) is 85.0 Å². The van der Waals surface area contributed by atoms with Crippen LogP contribution in [0.4, 0.5) is 11.4 Å². The average molecular weight is 618 g/mol. The van der Waals surface area contributed by atoms with Gasteiger partial charge in [-0.25, -0.2) is 0 Å². The van der Waals surface area contributed by atoms with Crippen LogP contribution in [0.5, 0.6) is 0 Å². The molecule has 47 heavy (non-hydrogen) atoms. The second-order valence-corrected chi connectivity index (χ2v) is 13.5. The minimum absolute atomic E-state index is 0.230. The number of allylic oxidation sites excluding steroid dienone is 2. The normalized spacial score (nSPS) is 16.7. The number of thiophene rings is 1. The summed E-state index contributed by atoms with van der Waals surface area (Å²) in [5.41, 5.74) is 10.4. The zero-order valence-corrected chi connectivity index (χ0v) is 26.2. The molecule has 0 N–H and O–H groups in total. The highest BCUT2D eigenvalue weighted by Crippen LogP contribution is 2.52. The largest absolute Gasteiger partial charge is 0.332 e. The Kier molecular flexibility index (Phi) is 5.64. The van der Waals surface area contributed by atoms with E-state index < -0.39 is 0 Å². The van der Waals surface area contributed by atoms with Crippen molar-refractivity contribution in [2.75, 3.05) is 4.90 Å². The van der Waals surface area contributed by atoms with E-state index in [4.69, 9.17) is 0 Å². The molecule has 2 atom stereocenters. The number of para-hydroxylation sites is 1. The zero-order chi connectivity index (χ0) is 31.1. The molecule has 2 aromatic heterocycles. The van der Waals surface area contributed by atoms with Crippen LogP contribution in [-0.4, -0.2) is 10.6 Å². The summed E-state index contributed by atoms with van der Waals surface area (Å²) in [6, 6.07) is 48.3. The van der Waals surface area contributed by atoms with Gasteiger partial charge in [0.15, 0.2) is 0 Å². The van der Waals surface area contributed by atoms with Gasteiger partial charge in [-0.05, 0) is 83.4 Å². The molecule has 1 aliphatic heterocycles. The molecule has 2 unspecified atom stereocenters. The minimum Gasteiger partial charge on any atom is -0.332 e. The van der Waals surface area contributed by atoms with Gasteiger partial charge in [-0.2, -0.15) is 5.26 Å². The van der Waals surface area contributed by atoms with Crippen molar-refractivity contribution in [3.63, 3.8) is 0 Å². The number of nitrogens with zero attached hydrogens (tertiary/aromatic N) is 3. The minimum atomic E-state index is 0.230. The van der Waals surface area contributed by atoms with Crippen LogP contribution in [0.3, 0.4) is 0 Å². The summed E-state index contributed by atoms with van der Waals surface area (Å²) in [7, 11) is 0. The molecule has 1 aliphatic carbocycles. The molecular formula is C43H27N3S. The number of nitriles is 1. The van der Waals surface area contributed by atoms with Crippen LogP contribution in [0.15, 0.2) is 152 Å². The van der Waals surface area contributed by atoms with Crippen molar-refractivity contribution in [2.24, 2.45) is 0 Å². The second-order valence-electron chi connectivity index (χ2n) is 12.4. The molecule has 0 fully saturated rings. The molecule has 4 heteroatoms. The molecule has 3 heterocycles. The van der Waals surface area contributed by atoms with Crippen LogP contribution in [0.2, 0.25) is 0 Å². The number of hydrogen-bond donors (Lipinski definition) is 0. The van der Waals surface area contributed by atoms with Crippen molar-refractivity contribution in [1.82, 2.24) is 4.57 Å². The zero-order valence-electron chi connectivity index (χ0n) is 25.3. The molecule has 0 bridgehead atoms. The number of anilines is 2. The summed E-state index contributed by atoms with van der Waals surface area (Å²) in [6.07, 6.45) is 9.13. The molecule has 10 rings (SSSR count). The lowest BCUT2D eigenvalue weighted by molar-refractivity contribution is 0.746. The van der Waals surface area contributed by atoms with Crippen LogP contribution in [0.25, 0.3) is 58.8 Å². The van der Waals surface area contributed by atoms with Crippen molar-refractivity contribution in [2.45, 2.75) is 12.0 Å². The van der Waals surface area contributed by atoms with E-state index in [-0.39, 0.29) is 12.0 Å². The fourth-order valence-corrected chi connectivity index (χ4v) is 9.05. The summed E-state index contributed by atoms with van der Waals surface area (Å²) < 4.78 is 4.97. The fraction of sp³-hybridized carbons (Fsp3) is 0.0465. The van der Waals surface area contributed by atoms with Crippen molar-refractivity contribution < 1.29 is 0 Å². The highest BCUT2D eigenvalue weighted by molar-refractivity contribution is 7.26. The first-order valence-electron chi connectivity index (χ1n) is 16.0. The Morgan fingerprint density at radius 1 is 0.596 bits per heavy atom. The van der Waals surface area contributed by atoms with Crippen molar-refractivity contribution >= 4 is 64.7 Å². The Hall–Kier alpha value is -5.89. The van der Waals surface area contributed by atoms with Crippen molar-refractivity contribution in [1.29, 1.82) is 5.26 Å². The molecule has 2 aliphatic rings. The lowest BCUT2D eigenvalue weighted by atomic mass is 9.89. The molecule has 0 saturated carbocycles. The van der Waals surface area contributed by atoms with Gasteiger partial charge in [0, 0.05) is 43.5 Å². The third-order valence-electron chi connectivity index (χ3n) is 9.95. The average Bonchev–Trinajstić information content (AvgIpc) is 3.79. The Labute approximate surface area is 276 Å². The molecule has 8 aromatic rings. The summed E-state index contributed by atoms with van der Waals surface area (Å²) in [4.78, 5) is 2.57. The maximum Gasteiger partial charge on any atom is 0.0991 e. The van der Waals surface area contributed by atoms with Crippen LogP contribution in [0, 0.1) is 11.3 Å². The summed E-state index contributed by atoms with van der Waals surface area (Å²) >= 11 is 1.89. The summed E-state index contributed by atoms with van der Waals surface area (Å²) in [5, 5.41) is 14.4. The first-order chi connectivity index (χ1) is 23.3. The topological polar surface area (TPSA) is 32.0 Å². The summed E-state index contributed by atoms with van der Waals surface area (Å²) in [6.45, 7) is 0. The van der Waals surface area contributed by atoms with Gasteiger partial charge >= 0.3 is 0 Å². The monoisotopic (exact) mass is 617 g/mol. The van der Waals surface area contributed by atoms with Gasteiger partial charge in [0.2, 0.25) is 0 Å². The smallest absolute Gasteiger partial charge is 0.0991 e. The predicted molar refractivity (Wildman–Crippen MR) is 197 cm³/mol. The molecule has 0 amide bonds. The second kappa shape index (κ2) is 10.1.